The lowest BCUT2D eigenvalue weighted by Crippen LogP contribution is -2.14. The van der Waals surface area contributed by atoms with E-state index in [0.717, 1.165) is 5.52 Å². The molecule has 3 aromatic rings. The fourth-order valence-electron chi connectivity index (χ4n) is 1.91. The second-order valence-corrected chi connectivity index (χ2v) is 5.55. The van der Waals surface area contributed by atoms with Crippen LogP contribution in [0.3, 0.4) is 0 Å². The molecule has 21 heavy (non-hydrogen) atoms. The number of H-pyrrole nitrogens is 1. The minimum absolute atomic E-state index is 0.112. The molecule has 3 N–H and O–H groups in total. The van der Waals surface area contributed by atoms with Crippen LogP contribution in [0.2, 0.25) is 0 Å². The number of aromatic amines is 1. The number of thioether (sulfide) groups is 1. The van der Waals surface area contributed by atoms with Crippen LogP contribution in [0.15, 0.2) is 52.2 Å². The number of anilines is 1. The normalized spacial score (nSPS) is 10.9. The molecule has 0 saturated heterocycles. The summed E-state index contributed by atoms with van der Waals surface area (Å²) in [5, 5.41) is 0. The first-order valence-electron chi connectivity index (χ1n) is 6.29. The van der Waals surface area contributed by atoms with Crippen LogP contribution in [0.25, 0.3) is 11.0 Å². The summed E-state index contributed by atoms with van der Waals surface area (Å²) in [5.74, 6) is -0.0934. The maximum atomic E-state index is 13.4. The molecular formula is C15H12FN3OS. The third-order valence-corrected chi connectivity index (χ3v) is 4.02. The molecule has 0 amide bonds. The van der Waals surface area contributed by atoms with E-state index in [1.54, 1.807) is 12.1 Å². The van der Waals surface area contributed by atoms with Crippen molar-refractivity contribution in [2.45, 2.75) is 10.6 Å². The van der Waals surface area contributed by atoms with Gasteiger partial charge >= 0.3 is 0 Å². The van der Waals surface area contributed by atoms with Crippen LogP contribution >= 0.6 is 11.8 Å². The smallest absolute Gasteiger partial charge is 0.271 e. The topological polar surface area (TPSA) is 71.8 Å². The van der Waals surface area contributed by atoms with Crippen LogP contribution in [0.1, 0.15) is 5.69 Å². The number of nitrogen functional groups attached to an aromatic ring is 1. The number of aromatic nitrogens is 2. The Hall–Kier alpha value is -2.34. The number of nitrogens with two attached hydrogens (primary N) is 1. The molecule has 106 valence electrons. The summed E-state index contributed by atoms with van der Waals surface area (Å²) in [4.78, 5) is 19.8. The third kappa shape index (κ3) is 2.90. The lowest BCUT2D eigenvalue weighted by atomic mass is 10.3. The van der Waals surface area contributed by atoms with Crippen LogP contribution < -0.4 is 11.3 Å². The zero-order valence-corrected chi connectivity index (χ0v) is 11.8. The molecule has 6 heteroatoms. The lowest BCUT2D eigenvalue weighted by molar-refractivity contribution is 0.629. The van der Waals surface area contributed by atoms with Crippen molar-refractivity contribution in [3.63, 3.8) is 0 Å². The van der Waals surface area contributed by atoms with Gasteiger partial charge < -0.3 is 10.7 Å². The number of nitrogens with zero attached hydrogens (tertiary/aromatic N) is 1. The highest BCUT2D eigenvalue weighted by atomic mass is 32.2. The van der Waals surface area contributed by atoms with Gasteiger partial charge in [-0.2, -0.15) is 0 Å². The van der Waals surface area contributed by atoms with Gasteiger partial charge in [0.25, 0.3) is 5.56 Å². The van der Waals surface area contributed by atoms with Crippen molar-refractivity contribution < 1.29 is 4.39 Å². The van der Waals surface area contributed by atoms with E-state index in [1.807, 2.05) is 18.2 Å². The lowest BCUT2D eigenvalue weighted by Gasteiger charge is -2.04. The largest absolute Gasteiger partial charge is 0.396 e. The molecule has 0 bridgehead atoms. The predicted molar refractivity (Wildman–Crippen MR) is 82.7 cm³/mol. The van der Waals surface area contributed by atoms with Crippen molar-refractivity contribution in [2.75, 3.05) is 5.73 Å². The summed E-state index contributed by atoms with van der Waals surface area (Å²) in [7, 11) is 0. The van der Waals surface area contributed by atoms with Crippen LogP contribution in [0.5, 0.6) is 0 Å². The predicted octanol–water partition coefficient (Wildman–Crippen LogP) is 2.94. The number of halogens is 1. The second-order valence-electron chi connectivity index (χ2n) is 4.50. The van der Waals surface area contributed by atoms with Crippen molar-refractivity contribution in [3.05, 3.63) is 64.3 Å². The van der Waals surface area contributed by atoms with Crippen molar-refractivity contribution in [1.29, 1.82) is 0 Å². The van der Waals surface area contributed by atoms with E-state index >= 15 is 0 Å². The van der Waals surface area contributed by atoms with Crippen molar-refractivity contribution >= 4 is 28.5 Å². The molecule has 0 aliphatic carbocycles. The zero-order valence-electron chi connectivity index (χ0n) is 11.0. The van der Waals surface area contributed by atoms with Crippen molar-refractivity contribution in [2.24, 2.45) is 0 Å². The summed E-state index contributed by atoms with van der Waals surface area (Å²) >= 11 is 1.34. The first-order valence-corrected chi connectivity index (χ1v) is 7.28. The molecule has 0 unspecified atom stereocenters. The Labute approximate surface area is 124 Å². The van der Waals surface area contributed by atoms with Gasteiger partial charge in [0.1, 0.15) is 11.5 Å². The number of para-hydroxylation sites is 2. The Kier molecular flexibility index (Phi) is 3.62. The maximum absolute atomic E-state index is 13.4. The van der Waals surface area contributed by atoms with E-state index in [9.17, 15) is 9.18 Å². The molecule has 2 aromatic carbocycles. The molecule has 0 aliphatic heterocycles. The molecule has 0 spiro atoms. The minimum Gasteiger partial charge on any atom is -0.396 e. The summed E-state index contributed by atoms with van der Waals surface area (Å²) < 4.78 is 13.4. The summed E-state index contributed by atoms with van der Waals surface area (Å²) in [6.07, 6.45) is 0. The van der Waals surface area contributed by atoms with Gasteiger partial charge in [-0.15, -0.1) is 11.8 Å². The third-order valence-electron chi connectivity index (χ3n) is 3.02. The SMILES string of the molecule is Nc1ccc(SCc2nc3ccccc3[nH]c2=O)cc1F. The Bertz CT molecular complexity index is 863. The van der Waals surface area contributed by atoms with Crippen molar-refractivity contribution in [3.8, 4) is 0 Å². The van der Waals surface area contributed by atoms with E-state index in [4.69, 9.17) is 5.73 Å². The Morgan fingerprint density at radius 3 is 2.86 bits per heavy atom. The number of hydrogen-bond acceptors (Lipinski definition) is 4. The summed E-state index contributed by atoms with van der Waals surface area (Å²) in [6.45, 7) is 0. The second kappa shape index (κ2) is 5.57. The van der Waals surface area contributed by atoms with E-state index in [-0.39, 0.29) is 11.2 Å². The molecule has 0 saturated carbocycles. The van der Waals surface area contributed by atoms with E-state index in [1.165, 1.54) is 23.9 Å². The first kappa shape index (κ1) is 13.6. The highest BCUT2D eigenvalue weighted by Gasteiger charge is 2.07. The average molecular weight is 301 g/mol. The Balaban J connectivity index is 1.86. The highest BCUT2D eigenvalue weighted by Crippen LogP contribution is 2.24. The molecule has 4 nitrogen and oxygen atoms in total. The summed E-state index contributed by atoms with van der Waals surface area (Å²) in [5.41, 5.74) is 7.17. The van der Waals surface area contributed by atoms with Gasteiger partial charge in [0.15, 0.2) is 0 Å². The quantitative estimate of drug-likeness (QED) is 0.576. The number of fused-ring (bicyclic) bond motifs is 1. The van der Waals surface area contributed by atoms with E-state index in [2.05, 4.69) is 9.97 Å². The van der Waals surface area contributed by atoms with Gasteiger partial charge in [-0.25, -0.2) is 9.37 Å². The molecule has 1 aromatic heterocycles. The van der Waals surface area contributed by atoms with Crippen molar-refractivity contribution in [1.82, 2.24) is 9.97 Å². The van der Waals surface area contributed by atoms with Gasteiger partial charge in [0, 0.05) is 10.6 Å². The molecule has 0 aliphatic rings. The number of hydrogen-bond donors (Lipinski definition) is 2. The Morgan fingerprint density at radius 1 is 1.24 bits per heavy atom. The standard InChI is InChI=1S/C15H12FN3OS/c16-10-7-9(5-6-11(10)17)21-8-14-15(20)19-13-4-2-1-3-12(13)18-14/h1-7H,8,17H2,(H,19,20). The summed E-state index contributed by atoms with van der Waals surface area (Å²) in [6, 6.07) is 11.9. The Morgan fingerprint density at radius 2 is 2.05 bits per heavy atom. The molecule has 0 atom stereocenters. The molecule has 0 radical (unpaired) electrons. The van der Waals surface area contributed by atoms with Gasteiger partial charge in [-0.05, 0) is 30.3 Å². The monoisotopic (exact) mass is 301 g/mol. The van der Waals surface area contributed by atoms with Crippen LogP contribution in [0, 0.1) is 5.82 Å². The minimum atomic E-state index is -0.458. The average Bonchev–Trinajstić information content (AvgIpc) is 2.48. The highest BCUT2D eigenvalue weighted by molar-refractivity contribution is 7.98. The fraction of sp³-hybridized carbons (Fsp3) is 0.0667. The van der Waals surface area contributed by atoms with E-state index < -0.39 is 5.82 Å². The van der Waals surface area contributed by atoms with Gasteiger partial charge in [-0.3, -0.25) is 4.79 Å². The molecule has 0 fully saturated rings. The van der Waals surface area contributed by atoms with Crippen LogP contribution in [-0.4, -0.2) is 9.97 Å². The maximum Gasteiger partial charge on any atom is 0.271 e. The number of nitrogens with one attached hydrogen (secondary N) is 1. The number of rotatable bonds is 3. The molecular weight excluding hydrogens is 289 g/mol. The molecule has 3 rings (SSSR count). The van der Waals surface area contributed by atoms with Crippen LogP contribution in [-0.2, 0) is 5.75 Å². The number of benzene rings is 2. The fourth-order valence-corrected chi connectivity index (χ4v) is 2.76. The first-order chi connectivity index (χ1) is 10.1. The zero-order chi connectivity index (χ0) is 14.8. The van der Waals surface area contributed by atoms with Gasteiger partial charge in [0.2, 0.25) is 0 Å². The molecule has 1 heterocycles. The van der Waals surface area contributed by atoms with Gasteiger partial charge in [-0.1, -0.05) is 12.1 Å². The van der Waals surface area contributed by atoms with E-state index in [0.29, 0.717) is 21.9 Å². The van der Waals surface area contributed by atoms with Gasteiger partial charge in [0.05, 0.1) is 16.7 Å². The van der Waals surface area contributed by atoms with Crippen LogP contribution in [0.4, 0.5) is 10.1 Å².